The van der Waals surface area contributed by atoms with Gasteiger partial charge < -0.3 is 9.42 Å². The summed E-state index contributed by atoms with van der Waals surface area (Å²) in [5.41, 5.74) is 2.56. The Morgan fingerprint density at radius 2 is 1.88 bits per heavy atom. The predicted octanol–water partition coefficient (Wildman–Crippen LogP) is 4.11. The van der Waals surface area contributed by atoms with Gasteiger partial charge in [0.05, 0.1) is 0 Å². The van der Waals surface area contributed by atoms with Crippen molar-refractivity contribution in [1.82, 2.24) is 15.0 Å². The van der Waals surface area contributed by atoms with Crippen LogP contribution in [-0.2, 0) is 16.8 Å². The van der Waals surface area contributed by atoms with Crippen molar-refractivity contribution in [3.8, 4) is 0 Å². The second-order valence-electron chi connectivity index (χ2n) is 8.29. The van der Waals surface area contributed by atoms with E-state index in [2.05, 4.69) is 55.2 Å². The van der Waals surface area contributed by atoms with Crippen LogP contribution in [0.15, 0.2) is 28.8 Å². The van der Waals surface area contributed by atoms with Gasteiger partial charge in [0.1, 0.15) is 6.04 Å². The molecule has 5 heteroatoms. The van der Waals surface area contributed by atoms with Crippen LogP contribution in [0, 0.1) is 0 Å². The van der Waals surface area contributed by atoms with Crippen molar-refractivity contribution >= 4 is 5.91 Å². The molecule has 1 aliphatic heterocycles. The average molecular weight is 339 g/mol. The third kappa shape index (κ3) is 3.32. The van der Waals surface area contributed by atoms with E-state index in [0.29, 0.717) is 24.8 Å². The lowest BCUT2D eigenvalue weighted by Crippen LogP contribution is -2.27. The molecule has 132 valence electrons. The summed E-state index contributed by atoms with van der Waals surface area (Å²) in [6.45, 7) is 7.20. The maximum Gasteiger partial charge on any atom is 0.249 e. The van der Waals surface area contributed by atoms with Crippen LogP contribution in [0.5, 0.6) is 0 Å². The van der Waals surface area contributed by atoms with E-state index in [0.717, 1.165) is 30.7 Å². The molecule has 4 rings (SSSR count). The van der Waals surface area contributed by atoms with E-state index in [9.17, 15) is 4.79 Å². The smallest absolute Gasteiger partial charge is 0.249 e. The van der Waals surface area contributed by atoms with E-state index in [-0.39, 0.29) is 17.4 Å². The number of benzene rings is 1. The van der Waals surface area contributed by atoms with Crippen LogP contribution < -0.4 is 0 Å². The standard InChI is InChI=1S/C20H25N3O2/c1-20(2,3)15-8-4-13(5-9-15)12-23-16(10-11-17(23)24)19-21-18(22-25-19)14-6-7-14/h4-5,8-9,14,16H,6-7,10-12H2,1-3H3. The summed E-state index contributed by atoms with van der Waals surface area (Å²) in [6, 6.07) is 8.46. The highest BCUT2D eigenvalue weighted by Gasteiger charge is 2.37. The third-order valence-corrected chi connectivity index (χ3v) is 5.19. The zero-order valence-corrected chi connectivity index (χ0v) is 15.2. The van der Waals surface area contributed by atoms with Gasteiger partial charge in [-0.25, -0.2) is 0 Å². The number of amides is 1. The Labute approximate surface area is 148 Å². The van der Waals surface area contributed by atoms with Gasteiger partial charge in [0.2, 0.25) is 11.8 Å². The van der Waals surface area contributed by atoms with E-state index in [1.807, 2.05) is 4.90 Å². The molecule has 25 heavy (non-hydrogen) atoms. The number of hydrogen-bond donors (Lipinski definition) is 0. The van der Waals surface area contributed by atoms with E-state index in [1.165, 1.54) is 5.56 Å². The summed E-state index contributed by atoms with van der Waals surface area (Å²) in [5, 5.41) is 4.10. The first-order chi connectivity index (χ1) is 11.9. The second kappa shape index (κ2) is 5.97. The highest BCUT2D eigenvalue weighted by atomic mass is 16.5. The lowest BCUT2D eigenvalue weighted by molar-refractivity contribution is -0.129. The fourth-order valence-corrected chi connectivity index (χ4v) is 3.39. The predicted molar refractivity (Wildman–Crippen MR) is 93.9 cm³/mol. The van der Waals surface area contributed by atoms with Crippen molar-refractivity contribution < 1.29 is 9.32 Å². The van der Waals surface area contributed by atoms with Crippen molar-refractivity contribution in [1.29, 1.82) is 0 Å². The monoisotopic (exact) mass is 339 g/mol. The number of likely N-dealkylation sites (tertiary alicyclic amines) is 1. The van der Waals surface area contributed by atoms with Crippen LogP contribution in [0.4, 0.5) is 0 Å². The highest BCUT2D eigenvalue weighted by Crippen LogP contribution is 2.40. The summed E-state index contributed by atoms with van der Waals surface area (Å²) < 4.78 is 5.47. The topological polar surface area (TPSA) is 59.2 Å². The van der Waals surface area contributed by atoms with E-state index in [4.69, 9.17) is 4.52 Å². The van der Waals surface area contributed by atoms with Crippen LogP contribution in [0.25, 0.3) is 0 Å². The Balaban J connectivity index is 1.51. The van der Waals surface area contributed by atoms with Gasteiger partial charge in [-0.3, -0.25) is 4.79 Å². The van der Waals surface area contributed by atoms with Gasteiger partial charge in [0.25, 0.3) is 0 Å². The first-order valence-electron chi connectivity index (χ1n) is 9.14. The minimum absolute atomic E-state index is 0.0882. The van der Waals surface area contributed by atoms with Crippen LogP contribution in [-0.4, -0.2) is 20.9 Å². The van der Waals surface area contributed by atoms with Crippen LogP contribution in [0.3, 0.4) is 0 Å². The maximum atomic E-state index is 12.4. The molecule has 5 nitrogen and oxygen atoms in total. The highest BCUT2D eigenvalue weighted by molar-refractivity contribution is 5.78. The van der Waals surface area contributed by atoms with Gasteiger partial charge in [-0.15, -0.1) is 0 Å². The Morgan fingerprint density at radius 1 is 1.16 bits per heavy atom. The van der Waals surface area contributed by atoms with Crippen molar-refractivity contribution in [2.75, 3.05) is 0 Å². The maximum absolute atomic E-state index is 12.4. The molecule has 2 aromatic rings. The first kappa shape index (κ1) is 16.3. The van der Waals surface area contributed by atoms with Crippen LogP contribution in [0.2, 0.25) is 0 Å². The SMILES string of the molecule is CC(C)(C)c1ccc(CN2C(=O)CCC2c2nc(C3CC3)no2)cc1. The molecule has 1 aromatic carbocycles. The average Bonchev–Trinajstić information content (AvgIpc) is 3.20. The minimum Gasteiger partial charge on any atom is -0.337 e. The molecular weight excluding hydrogens is 314 g/mol. The lowest BCUT2D eigenvalue weighted by Gasteiger charge is -2.23. The number of aromatic nitrogens is 2. The van der Waals surface area contributed by atoms with Gasteiger partial charge in [-0.1, -0.05) is 50.2 Å². The molecule has 2 aliphatic rings. The molecule has 1 aromatic heterocycles. The Morgan fingerprint density at radius 3 is 2.52 bits per heavy atom. The molecule has 1 aliphatic carbocycles. The zero-order valence-electron chi connectivity index (χ0n) is 15.2. The Hall–Kier alpha value is -2.17. The molecule has 0 spiro atoms. The van der Waals surface area contributed by atoms with E-state index in [1.54, 1.807) is 0 Å². The molecule has 2 fully saturated rings. The Kier molecular flexibility index (Phi) is 3.89. The number of rotatable bonds is 4. The third-order valence-electron chi connectivity index (χ3n) is 5.19. The molecule has 1 saturated carbocycles. The summed E-state index contributed by atoms with van der Waals surface area (Å²) in [6.07, 6.45) is 3.59. The lowest BCUT2D eigenvalue weighted by atomic mass is 9.87. The fourth-order valence-electron chi connectivity index (χ4n) is 3.39. The second-order valence-corrected chi connectivity index (χ2v) is 8.29. The number of carbonyl (C=O) groups is 1. The molecule has 1 atom stereocenters. The molecule has 2 heterocycles. The van der Waals surface area contributed by atoms with E-state index < -0.39 is 0 Å². The van der Waals surface area contributed by atoms with Crippen LogP contribution >= 0.6 is 0 Å². The molecule has 1 amide bonds. The molecule has 1 saturated heterocycles. The summed E-state index contributed by atoms with van der Waals surface area (Å²) in [5.74, 6) is 2.03. The first-order valence-corrected chi connectivity index (χ1v) is 9.14. The van der Waals surface area contributed by atoms with E-state index >= 15 is 0 Å². The Bertz CT molecular complexity index is 769. The van der Waals surface area contributed by atoms with Crippen molar-refractivity contribution in [3.63, 3.8) is 0 Å². The van der Waals surface area contributed by atoms with Gasteiger partial charge >= 0.3 is 0 Å². The summed E-state index contributed by atoms with van der Waals surface area (Å²) in [7, 11) is 0. The minimum atomic E-state index is -0.0882. The van der Waals surface area contributed by atoms with Crippen molar-refractivity contribution in [3.05, 3.63) is 47.1 Å². The largest absolute Gasteiger partial charge is 0.337 e. The van der Waals surface area contributed by atoms with Crippen molar-refractivity contribution in [2.45, 2.75) is 70.4 Å². The number of carbonyl (C=O) groups excluding carboxylic acids is 1. The number of nitrogens with zero attached hydrogens (tertiary/aromatic N) is 3. The molecule has 0 bridgehead atoms. The molecule has 1 unspecified atom stereocenters. The quantitative estimate of drug-likeness (QED) is 0.841. The molecule has 0 radical (unpaired) electrons. The van der Waals surface area contributed by atoms with Gasteiger partial charge in [0.15, 0.2) is 5.82 Å². The van der Waals surface area contributed by atoms with Gasteiger partial charge in [-0.2, -0.15) is 4.98 Å². The van der Waals surface area contributed by atoms with Crippen LogP contribution in [0.1, 0.15) is 81.3 Å². The summed E-state index contributed by atoms with van der Waals surface area (Å²) in [4.78, 5) is 18.8. The fraction of sp³-hybridized carbons (Fsp3) is 0.550. The van der Waals surface area contributed by atoms with Crippen molar-refractivity contribution in [2.24, 2.45) is 0 Å². The van der Waals surface area contributed by atoms with Gasteiger partial charge in [0, 0.05) is 18.9 Å². The number of hydrogen-bond acceptors (Lipinski definition) is 4. The summed E-state index contributed by atoms with van der Waals surface area (Å²) >= 11 is 0. The molecular formula is C20H25N3O2. The van der Waals surface area contributed by atoms with Gasteiger partial charge in [-0.05, 0) is 35.8 Å². The normalized spacial score (nSPS) is 21.2. The molecule has 0 N–H and O–H groups in total. The zero-order chi connectivity index (χ0) is 17.6.